The lowest BCUT2D eigenvalue weighted by Gasteiger charge is -2.23. The Balaban J connectivity index is 2.05. The highest BCUT2D eigenvalue weighted by Gasteiger charge is 2.15. The molecule has 1 rings (SSSR count). The molecule has 15 heavy (non-hydrogen) atoms. The number of hydrogen-bond donors (Lipinski definition) is 1. The van der Waals surface area contributed by atoms with Gasteiger partial charge in [-0.15, -0.1) is 0 Å². The standard InChI is InChI=1S/C14H27N/c1-12(2)11-15-10-4-5-14-8-6-13(3)7-9-14/h4-5,12-15H,6-11H2,1-3H3. The van der Waals surface area contributed by atoms with E-state index in [9.17, 15) is 0 Å². The second kappa shape index (κ2) is 7.05. The molecule has 1 aliphatic rings. The first kappa shape index (κ1) is 12.8. The van der Waals surface area contributed by atoms with Crippen LogP contribution in [0.2, 0.25) is 0 Å². The van der Waals surface area contributed by atoms with Crippen molar-refractivity contribution in [3.8, 4) is 0 Å². The molecule has 1 aliphatic carbocycles. The zero-order valence-electron chi connectivity index (χ0n) is 10.6. The van der Waals surface area contributed by atoms with Gasteiger partial charge in [-0.1, -0.05) is 45.8 Å². The quantitative estimate of drug-likeness (QED) is 0.539. The van der Waals surface area contributed by atoms with Crippen molar-refractivity contribution in [2.45, 2.75) is 46.5 Å². The highest BCUT2D eigenvalue weighted by Crippen LogP contribution is 2.28. The van der Waals surface area contributed by atoms with Crippen molar-refractivity contribution < 1.29 is 0 Å². The Morgan fingerprint density at radius 3 is 2.47 bits per heavy atom. The third-order valence-electron chi connectivity index (χ3n) is 3.28. The molecule has 0 bridgehead atoms. The topological polar surface area (TPSA) is 12.0 Å². The van der Waals surface area contributed by atoms with E-state index in [-0.39, 0.29) is 0 Å². The lowest BCUT2D eigenvalue weighted by Crippen LogP contribution is -2.19. The highest BCUT2D eigenvalue weighted by molar-refractivity contribution is 4.91. The van der Waals surface area contributed by atoms with Crippen LogP contribution in [0.15, 0.2) is 12.2 Å². The lowest BCUT2D eigenvalue weighted by molar-refractivity contribution is 0.330. The van der Waals surface area contributed by atoms with Gasteiger partial charge in [0.15, 0.2) is 0 Å². The molecule has 88 valence electrons. The maximum Gasteiger partial charge on any atom is 0.0135 e. The molecule has 0 spiro atoms. The van der Waals surface area contributed by atoms with Crippen LogP contribution in [-0.2, 0) is 0 Å². The van der Waals surface area contributed by atoms with Crippen molar-refractivity contribution >= 4 is 0 Å². The Morgan fingerprint density at radius 2 is 1.87 bits per heavy atom. The fourth-order valence-electron chi connectivity index (χ4n) is 2.19. The Morgan fingerprint density at radius 1 is 1.20 bits per heavy atom. The van der Waals surface area contributed by atoms with Crippen molar-refractivity contribution in [1.29, 1.82) is 0 Å². The van der Waals surface area contributed by atoms with Crippen molar-refractivity contribution in [3.63, 3.8) is 0 Å². The molecule has 0 aliphatic heterocycles. The van der Waals surface area contributed by atoms with E-state index in [4.69, 9.17) is 0 Å². The van der Waals surface area contributed by atoms with Gasteiger partial charge >= 0.3 is 0 Å². The first-order chi connectivity index (χ1) is 7.18. The largest absolute Gasteiger partial charge is 0.313 e. The monoisotopic (exact) mass is 209 g/mol. The van der Waals surface area contributed by atoms with Crippen LogP contribution in [0.3, 0.4) is 0 Å². The Bertz CT molecular complexity index is 176. The van der Waals surface area contributed by atoms with Crippen LogP contribution in [0.25, 0.3) is 0 Å². The summed E-state index contributed by atoms with van der Waals surface area (Å²) in [5.41, 5.74) is 0. The van der Waals surface area contributed by atoms with Gasteiger partial charge in [-0.3, -0.25) is 0 Å². The minimum Gasteiger partial charge on any atom is -0.313 e. The Labute approximate surface area is 95.3 Å². The molecule has 0 radical (unpaired) electrons. The molecule has 0 amide bonds. The van der Waals surface area contributed by atoms with Gasteiger partial charge in [-0.2, -0.15) is 0 Å². The number of rotatable bonds is 5. The normalized spacial score (nSPS) is 27.7. The summed E-state index contributed by atoms with van der Waals surface area (Å²) >= 11 is 0. The minimum atomic E-state index is 0.758. The molecule has 0 aromatic carbocycles. The Kier molecular flexibility index (Phi) is 6.00. The molecule has 0 unspecified atom stereocenters. The van der Waals surface area contributed by atoms with Crippen LogP contribution in [0.1, 0.15) is 46.5 Å². The van der Waals surface area contributed by atoms with E-state index < -0.39 is 0 Å². The third kappa shape index (κ3) is 5.99. The van der Waals surface area contributed by atoms with Crippen molar-refractivity contribution in [2.75, 3.05) is 13.1 Å². The van der Waals surface area contributed by atoms with E-state index in [1.165, 1.54) is 25.7 Å². The number of hydrogen-bond acceptors (Lipinski definition) is 1. The molecule has 1 N–H and O–H groups in total. The van der Waals surface area contributed by atoms with E-state index >= 15 is 0 Å². The maximum atomic E-state index is 3.45. The molecule has 1 heteroatoms. The molecule has 0 atom stereocenters. The fraction of sp³-hybridized carbons (Fsp3) is 0.857. The van der Waals surface area contributed by atoms with E-state index in [0.29, 0.717) is 0 Å². The summed E-state index contributed by atoms with van der Waals surface area (Å²) in [4.78, 5) is 0. The van der Waals surface area contributed by atoms with Crippen molar-refractivity contribution in [2.24, 2.45) is 17.8 Å². The van der Waals surface area contributed by atoms with E-state index in [2.05, 4.69) is 38.2 Å². The average Bonchev–Trinajstić information content (AvgIpc) is 2.20. The molecule has 0 aromatic heterocycles. The average molecular weight is 209 g/mol. The lowest BCUT2D eigenvalue weighted by atomic mass is 9.83. The number of allylic oxidation sites excluding steroid dienone is 1. The second-order valence-corrected chi connectivity index (χ2v) is 5.50. The van der Waals surface area contributed by atoms with Gasteiger partial charge in [0.25, 0.3) is 0 Å². The predicted octanol–water partition coefficient (Wildman–Crippen LogP) is 3.61. The maximum absolute atomic E-state index is 3.45. The SMILES string of the molecule is CC(C)CNCC=CC1CCC(C)CC1. The summed E-state index contributed by atoms with van der Waals surface area (Å²) in [5.74, 6) is 2.59. The van der Waals surface area contributed by atoms with Crippen LogP contribution in [-0.4, -0.2) is 13.1 Å². The first-order valence-corrected chi connectivity index (χ1v) is 6.56. The van der Waals surface area contributed by atoms with Gasteiger partial charge < -0.3 is 5.32 Å². The van der Waals surface area contributed by atoms with Gasteiger partial charge in [-0.05, 0) is 37.1 Å². The van der Waals surface area contributed by atoms with Gasteiger partial charge in [0.05, 0.1) is 0 Å². The van der Waals surface area contributed by atoms with Gasteiger partial charge in [-0.25, -0.2) is 0 Å². The van der Waals surface area contributed by atoms with Crippen molar-refractivity contribution in [3.05, 3.63) is 12.2 Å². The molecule has 0 aromatic rings. The minimum absolute atomic E-state index is 0.758. The molecule has 0 heterocycles. The Hall–Kier alpha value is -0.300. The smallest absolute Gasteiger partial charge is 0.0135 e. The van der Waals surface area contributed by atoms with E-state index in [1.807, 2.05) is 0 Å². The zero-order chi connectivity index (χ0) is 11.1. The third-order valence-corrected chi connectivity index (χ3v) is 3.28. The van der Waals surface area contributed by atoms with Crippen LogP contribution in [0.5, 0.6) is 0 Å². The van der Waals surface area contributed by atoms with Crippen LogP contribution in [0.4, 0.5) is 0 Å². The van der Waals surface area contributed by atoms with Crippen molar-refractivity contribution in [1.82, 2.24) is 5.32 Å². The molecule has 1 fully saturated rings. The second-order valence-electron chi connectivity index (χ2n) is 5.50. The molecule has 1 saturated carbocycles. The molecule has 1 nitrogen and oxygen atoms in total. The zero-order valence-corrected chi connectivity index (χ0v) is 10.6. The number of nitrogens with one attached hydrogen (secondary N) is 1. The predicted molar refractivity (Wildman–Crippen MR) is 68.0 cm³/mol. The van der Waals surface area contributed by atoms with E-state index in [0.717, 1.165) is 30.8 Å². The summed E-state index contributed by atoms with van der Waals surface area (Å²) in [7, 11) is 0. The summed E-state index contributed by atoms with van der Waals surface area (Å²) in [6.07, 6.45) is 10.4. The van der Waals surface area contributed by atoms with Crippen LogP contribution in [0, 0.1) is 17.8 Å². The summed E-state index contributed by atoms with van der Waals surface area (Å²) < 4.78 is 0. The van der Waals surface area contributed by atoms with Crippen LogP contribution >= 0.6 is 0 Å². The van der Waals surface area contributed by atoms with Crippen LogP contribution < -0.4 is 5.32 Å². The first-order valence-electron chi connectivity index (χ1n) is 6.56. The summed E-state index contributed by atoms with van der Waals surface area (Å²) in [6.45, 7) is 9.05. The summed E-state index contributed by atoms with van der Waals surface area (Å²) in [6, 6.07) is 0. The van der Waals surface area contributed by atoms with E-state index in [1.54, 1.807) is 0 Å². The van der Waals surface area contributed by atoms with Gasteiger partial charge in [0.2, 0.25) is 0 Å². The molecular formula is C14H27N. The summed E-state index contributed by atoms with van der Waals surface area (Å²) in [5, 5.41) is 3.45. The molecule has 0 saturated heterocycles. The van der Waals surface area contributed by atoms with Gasteiger partial charge in [0.1, 0.15) is 0 Å². The molecular weight excluding hydrogens is 182 g/mol. The highest BCUT2D eigenvalue weighted by atomic mass is 14.8. The van der Waals surface area contributed by atoms with Gasteiger partial charge in [0, 0.05) is 6.54 Å². The fourth-order valence-corrected chi connectivity index (χ4v) is 2.19.